The molecule has 3 rings (SSSR count). The van der Waals surface area contributed by atoms with Crippen molar-refractivity contribution >= 4 is 11.8 Å². The van der Waals surface area contributed by atoms with Gasteiger partial charge in [-0.2, -0.15) is 0 Å². The molecular weight excluding hydrogens is 264 g/mol. The summed E-state index contributed by atoms with van der Waals surface area (Å²) >= 11 is 0. The van der Waals surface area contributed by atoms with Crippen LogP contribution in [0.4, 0.5) is 0 Å². The molecule has 0 N–H and O–H groups in total. The molecular formula is C17H22N2O2. The van der Waals surface area contributed by atoms with Crippen molar-refractivity contribution in [3.05, 3.63) is 35.4 Å². The van der Waals surface area contributed by atoms with Gasteiger partial charge in [0.25, 0.3) is 0 Å². The Balaban J connectivity index is 1.81. The second kappa shape index (κ2) is 5.88. The van der Waals surface area contributed by atoms with Gasteiger partial charge >= 0.3 is 0 Å². The Morgan fingerprint density at radius 1 is 1.14 bits per heavy atom. The number of benzene rings is 1. The van der Waals surface area contributed by atoms with Crippen LogP contribution < -0.4 is 0 Å². The first-order valence-corrected chi connectivity index (χ1v) is 7.85. The summed E-state index contributed by atoms with van der Waals surface area (Å²) in [6, 6.07) is 8.04. The van der Waals surface area contributed by atoms with Gasteiger partial charge in [-0.3, -0.25) is 9.59 Å². The average Bonchev–Trinajstić information content (AvgIpc) is 2.96. The van der Waals surface area contributed by atoms with E-state index >= 15 is 0 Å². The number of carbonyl (C=O) groups is 2. The third kappa shape index (κ3) is 2.67. The second-order valence-corrected chi connectivity index (χ2v) is 5.88. The molecule has 112 valence electrons. The predicted octanol–water partition coefficient (Wildman–Crippen LogP) is 1.97. The maximum absolute atomic E-state index is 12.7. The largest absolute Gasteiger partial charge is 0.336 e. The zero-order chi connectivity index (χ0) is 14.8. The van der Waals surface area contributed by atoms with Crippen LogP contribution in [0.2, 0.25) is 0 Å². The minimum Gasteiger partial charge on any atom is -0.336 e. The summed E-state index contributed by atoms with van der Waals surface area (Å²) in [5, 5.41) is 0. The van der Waals surface area contributed by atoms with E-state index in [4.69, 9.17) is 0 Å². The molecule has 0 spiro atoms. The fraction of sp³-hybridized carbons (Fsp3) is 0.529. The van der Waals surface area contributed by atoms with Gasteiger partial charge in [0.15, 0.2) is 0 Å². The van der Waals surface area contributed by atoms with Crippen LogP contribution >= 0.6 is 0 Å². The van der Waals surface area contributed by atoms with Gasteiger partial charge in [0.05, 0.1) is 0 Å². The van der Waals surface area contributed by atoms with Crippen molar-refractivity contribution in [1.29, 1.82) is 0 Å². The Kier molecular flexibility index (Phi) is 3.95. The topological polar surface area (TPSA) is 40.6 Å². The zero-order valence-electron chi connectivity index (χ0n) is 12.5. The molecule has 1 aromatic rings. The summed E-state index contributed by atoms with van der Waals surface area (Å²) in [4.78, 5) is 28.5. The smallest absolute Gasteiger partial charge is 0.245 e. The third-order valence-electron chi connectivity index (χ3n) is 4.63. The van der Waals surface area contributed by atoms with Crippen molar-refractivity contribution in [2.75, 3.05) is 13.1 Å². The van der Waals surface area contributed by atoms with E-state index in [1.807, 2.05) is 17.0 Å². The highest BCUT2D eigenvalue weighted by Gasteiger charge is 2.39. The van der Waals surface area contributed by atoms with Crippen LogP contribution in [0.5, 0.6) is 0 Å². The Hall–Kier alpha value is -1.84. The lowest BCUT2D eigenvalue weighted by Crippen LogP contribution is -2.43. The lowest BCUT2D eigenvalue weighted by molar-refractivity contribution is -0.139. The maximum atomic E-state index is 12.7. The molecule has 2 fully saturated rings. The Morgan fingerprint density at radius 2 is 1.90 bits per heavy atom. The fourth-order valence-electron chi connectivity index (χ4n) is 3.44. The molecule has 2 aliphatic rings. The van der Waals surface area contributed by atoms with Gasteiger partial charge in [-0.15, -0.1) is 0 Å². The van der Waals surface area contributed by atoms with Crippen molar-refractivity contribution in [3.63, 3.8) is 0 Å². The molecule has 21 heavy (non-hydrogen) atoms. The highest BCUT2D eigenvalue weighted by atomic mass is 16.2. The monoisotopic (exact) mass is 286 g/mol. The van der Waals surface area contributed by atoms with Gasteiger partial charge < -0.3 is 9.80 Å². The molecule has 1 atom stereocenters. The minimum atomic E-state index is -0.214. The SMILES string of the molecule is CCc1ccccc1CN1CCC(=O)N2CCCC2C1=O. The first kappa shape index (κ1) is 14.1. The van der Waals surface area contributed by atoms with Crippen molar-refractivity contribution in [2.24, 2.45) is 0 Å². The molecule has 1 aromatic carbocycles. The third-order valence-corrected chi connectivity index (χ3v) is 4.63. The molecule has 0 aliphatic carbocycles. The number of amides is 2. The predicted molar refractivity (Wildman–Crippen MR) is 80.6 cm³/mol. The molecule has 0 aromatic heterocycles. The lowest BCUT2D eigenvalue weighted by atomic mass is 10.0. The Morgan fingerprint density at radius 3 is 2.67 bits per heavy atom. The molecule has 2 saturated heterocycles. The van der Waals surface area contributed by atoms with E-state index in [1.165, 1.54) is 11.1 Å². The summed E-state index contributed by atoms with van der Waals surface area (Å²) in [6.45, 7) is 4.04. The highest BCUT2D eigenvalue weighted by molar-refractivity contribution is 5.90. The lowest BCUT2D eigenvalue weighted by Gasteiger charge is -2.26. The zero-order valence-corrected chi connectivity index (χ0v) is 12.5. The second-order valence-electron chi connectivity index (χ2n) is 5.88. The molecule has 0 saturated carbocycles. The van der Waals surface area contributed by atoms with Crippen LogP contribution in [-0.2, 0) is 22.6 Å². The minimum absolute atomic E-state index is 0.129. The number of nitrogens with zero attached hydrogens (tertiary/aromatic N) is 2. The van der Waals surface area contributed by atoms with Crippen LogP contribution in [0.25, 0.3) is 0 Å². The van der Waals surface area contributed by atoms with Crippen LogP contribution in [0.3, 0.4) is 0 Å². The van der Waals surface area contributed by atoms with E-state index in [1.54, 1.807) is 4.90 Å². The number of fused-ring (bicyclic) bond motifs is 1. The van der Waals surface area contributed by atoms with Crippen LogP contribution in [0.15, 0.2) is 24.3 Å². The van der Waals surface area contributed by atoms with Crippen molar-refractivity contribution < 1.29 is 9.59 Å². The van der Waals surface area contributed by atoms with Crippen molar-refractivity contribution in [2.45, 2.75) is 45.2 Å². The first-order chi connectivity index (χ1) is 10.2. The van der Waals surface area contributed by atoms with E-state index < -0.39 is 0 Å². The van der Waals surface area contributed by atoms with Gasteiger partial charge in [-0.25, -0.2) is 0 Å². The Labute approximate surface area is 125 Å². The average molecular weight is 286 g/mol. The Bertz CT molecular complexity index is 555. The molecule has 0 radical (unpaired) electrons. The van der Waals surface area contributed by atoms with Crippen molar-refractivity contribution in [3.8, 4) is 0 Å². The first-order valence-electron chi connectivity index (χ1n) is 7.85. The molecule has 1 unspecified atom stereocenters. The van der Waals surface area contributed by atoms with E-state index in [-0.39, 0.29) is 17.9 Å². The standard InChI is InChI=1S/C17H22N2O2/c1-2-13-6-3-4-7-14(13)12-18-11-9-16(20)19-10-5-8-15(19)17(18)21/h3-4,6-7,15H,2,5,8-12H2,1H3. The molecule has 2 aliphatic heterocycles. The van der Waals surface area contributed by atoms with E-state index in [0.29, 0.717) is 19.5 Å². The summed E-state index contributed by atoms with van der Waals surface area (Å²) in [5.74, 6) is 0.265. The maximum Gasteiger partial charge on any atom is 0.245 e. The number of hydrogen-bond donors (Lipinski definition) is 0. The molecule has 2 heterocycles. The summed E-state index contributed by atoms with van der Waals surface area (Å²) < 4.78 is 0. The van der Waals surface area contributed by atoms with Crippen LogP contribution in [0, 0.1) is 0 Å². The van der Waals surface area contributed by atoms with E-state index in [0.717, 1.165) is 25.8 Å². The normalized spacial score (nSPS) is 22.4. The summed E-state index contributed by atoms with van der Waals surface area (Å²) in [7, 11) is 0. The molecule has 4 nitrogen and oxygen atoms in total. The highest BCUT2D eigenvalue weighted by Crippen LogP contribution is 2.25. The van der Waals surface area contributed by atoms with E-state index in [2.05, 4.69) is 19.1 Å². The molecule has 4 heteroatoms. The van der Waals surface area contributed by atoms with E-state index in [9.17, 15) is 9.59 Å². The van der Waals surface area contributed by atoms with Gasteiger partial charge in [-0.1, -0.05) is 31.2 Å². The van der Waals surface area contributed by atoms with Gasteiger partial charge in [0.2, 0.25) is 11.8 Å². The van der Waals surface area contributed by atoms with Crippen LogP contribution in [-0.4, -0.2) is 40.7 Å². The van der Waals surface area contributed by atoms with Gasteiger partial charge in [0, 0.05) is 26.1 Å². The quantitative estimate of drug-likeness (QED) is 0.852. The van der Waals surface area contributed by atoms with Gasteiger partial charge in [0.1, 0.15) is 6.04 Å². The fourth-order valence-corrected chi connectivity index (χ4v) is 3.44. The number of carbonyl (C=O) groups excluding carboxylic acids is 2. The van der Waals surface area contributed by atoms with Crippen molar-refractivity contribution in [1.82, 2.24) is 9.80 Å². The van der Waals surface area contributed by atoms with Gasteiger partial charge in [-0.05, 0) is 30.4 Å². The molecule has 0 bridgehead atoms. The number of aryl methyl sites for hydroxylation is 1. The summed E-state index contributed by atoms with van der Waals surface area (Å²) in [6.07, 6.45) is 3.18. The number of rotatable bonds is 3. The molecule has 2 amide bonds. The summed E-state index contributed by atoms with van der Waals surface area (Å²) in [5.41, 5.74) is 2.48. The number of hydrogen-bond acceptors (Lipinski definition) is 2. The van der Waals surface area contributed by atoms with Crippen LogP contribution in [0.1, 0.15) is 37.3 Å².